The molecule has 0 aliphatic heterocycles. The van der Waals surface area contributed by atoms with E-state index in [1.807, 2.05) is 30.3 Å². The standard InChI is InChI=1S/C21H24N2O5/c1-28-17-11-9-16(10-12-17)20(25)22-13-5-8-19(24)23-18(21(26)27)14-15-6-3-2-4-7-15/h2-4,6-7,9-12,18H,5,8,13-14H2,1H3,(H,22,25)(H,23,24)(H,26,27)/t18-/m0/s1. The van der Waals surface area contributed by atoms with Crippen LogP contribution in [0.15, 0.2) is 54.6 Å². The molecule has 2 amide bonds. The molecule has 7 nitrogen and oxygen atoms in total. The van der Waals surface area contributed by atoms with Crippen LogP contribution in [0.4, 0.5) is 0 Å². The first-order chi connectivity index (χ1) is 13.5. The van der Waals surface area contributed by atoms with Gasteiger partial charge in [0.15, 0.2) is 0 Å². The lowest BCUT2D eigenvalue weighted by atomic mass is 10.1. The highest BCUT2D eigenvalue weighted by Gasteiger charge is 2.20. The van der Waals surface area contributed by atoms with Gasteiger partial charge < -0.3 is 20.5 Å². The van der Waals surface area contributed by atoms with Gasteiger partial charge in [-0.05, 0) is 36.2 Å². The lowest BCUT2D eigenvalue weighted by Gasteiger charge is -2.14. The first kappa shape index (κ1) is 21.0. The number of hydrogen-bond acceptors (Lipinski definition) is 4. The average Bonchev–Trinajstić information content (AvgIpc) is 2.71. The number of hydrogen-bond donors (Lipinski definition) is 3. The summed E-state index contributed by atoms with van der Waals surface area (Å²) in [5, 5.41) is 14.6. The number of rotatable bonds is 10. The van der Waals surface area contributed by atoms with Crippen LogP contribution < -0.4 is 15.4 Å². The van der Waals surface area contributed by atoms with Crippen molar-refractivity contribution in [2.45, 2.75) is 25.3 Å². The molecule has 0 heterocycles. The number of aliphatic carboxylic acids is 1. The minimum Gasteiger partial charge on any atom is -0.497 e. The van der Waals surface area contributed by atoms with Crippen molar-refractivity contribution in [3.63, 3.8) is 0 Å². The molecule has 2 aromatic carbocycles. The predicted molar refractivity (Wildman–Crippen MR) is 104 cm³/mol. The normalized spacial score (nSPS) is 11.3. The van der Waals surface area contributed by atoms with Crippen LogP contribution in [0.1, 0.15) is 28.8 Å². The first-order valence-electron chi connectivity index (χ1n) is 8.98. The Hall–Kier alpha value is -3.35. The lowest BCUT2D eigenvalue weighted by Crippen LogP contribution is -2.42. The molecule has 0 aliphatic rings. The lowest BCUT2D eigenvalue weighted by molar-refractivity contribution is -0.141. The summed E-state index contributed by atoms with van der Waals surface area (Å²) in [5.41, 5.74) is 1.33. The van der Waals surface area contributed by atoms with Gasteiger partial charge in [-0.1, -0.05) is 30.3 Å². The Labute approximate surface area is 163 Å². The topological polar surface area (TPSA) is 105 Å². The molecule has 0 aliphatic carbocycles. The number of amides is 2. The van der Waals surface area contributed by atoms with Crippen LogP contribution in [0.2, 0.25) is 0 Å². The molecule has 7 heteroatoms. The van der Waals surface area contributed by atoms with Crippen LogP contribution >= 0.6 is 0 Å². The van der Waals surface area contributed by atoms with Gasteiger partial charge in [0.1, 0.15) is 11.8 Å². The summed E-state index contributed by atoms with van der Waals surface area (Å²) in [7, 11) is 1.55. The van der Waals surface area contributed by atoms with Crippen LogP contribution in [0.25, 0.3) is 0 Å². The number of carboxylic acids is 1. The maximum absolute atomic E-state index is 12.0. The largest absolute Gasteiger partial charge is 0.497 e. The van der Waals surface area contributed by atoms with Crippen LogP contribution in [-0.4, -0.2) is 42.6 Å². The number of carboxylic acid groups (broad SMARTS) is 1. The van der Waals surface area contributed by atoms with Crippen molar-refractivity contribution < 1.29 is 24.2 Å². The van der Waals surface area contributed by atoms with E-state index in [4.69, 9.17) is 4.74 Å². The van der Waals surface area contributed by atoms with E-state index in [2.05, 4.69) is 10.6 Å². The SMILES string of the molecule is COc1ccc(C(=O)NCCCC(=O)N[C@@H](Cc2ccccc2)C(=O)O)cc1. The van der Waals surface area contributed by atoms with E-state index in [9.17, 15) is 19.5 Å². The molecule has 1 atom stereocenters. The fourth-order valence-electron chi connectivity index (χ4n) is 2.61. The van der Waals surface area contributed by atoms with Crippen molar-refractivity contribution in [2.24, 2.45) is 0 Å². The third-order valence-corrected chi connectivity index (χ3v) is 4.13. The van der Waals surface area contributed by atoms with Gasteiger partial charge in [-0.15, -0.1) is 0 Å². The van der Waals surface area contributed by atoms with Crippen LogP contribution in [0, 0.1) is 0 Å². The van der Waals surface area contributed by atoms with Crippen LogP contribution in [-0.2, 0) is 16.0 Å². The third-order valence-electron chi connectivity index (χ3n) is 4.13. The van der Waals surface area contributed by atoms with Gasteiger partial charge in [0.2, 0.25) is 5.91 Å². The molecular weight excluding hydrogens is 360 g/mol. The fraction of sp³-hybridized carbons (Fsp3) is 0.286. The number of ether oxygens (including phenoxy) is 1. The predicted octanol–water partition coefficient (Wildman–Crippen LogP) is 2.02. The van der Waals surface area contributed by atoms with E-state index in [0.717, 1.165) is 5.56 Å². The highest BCUT2D eigenvalue weighted by Crippen LogP contribution is 2.11. The smallest absolute Gasteiger partial charge is 0.326 e. The molecular formula is C21H24N2O5. The summed E-state index contributed by atoms with van der Waals surface area (Å²) in [6.45, 7) is 0.314. The van der Waals surface area contributed by atoms with Crippen molar-refractivity contribution in [1.82, 2.24) is 10.6 Å². The van der Waals surface area contributed by atoms with Gasteiger partial charge in [0.05, 0.1) is 7.11 Å². The second-order valence-corrected chi connectivity index (χ2v) is 6.24. The zero-order chi connectivity index (χ0) is 20.4. The van der Waals surface area contributed by atoms with E-state index in [0.29, 0.717) is 24.3 Å². The molecule has 0 spiro atoms. The van der Waals surface area contributed by atoms with E-state index in [1.54, 1.807) is 31.4 Å². The quantitative estimate of drug-likeness (QED) is 0.544. The number of carbonyl (C=O) groups is 3. The molecule has 0 fully saturated rings. The Kier molecular flexibility index (Phi) is 8.02. The van der Waals surface area contributed by atoms with Crippen molar-refractivity contribution in [3.8, 4) is 5.75 Å². The molecule has 0 saturated carbocycles. The Morgan fingerprint density at radius 3 is 2.32 bits per heavy atom. The van der Waals surface area contributed by atoms with Gasteiger partial charge in [0, 0.05) is 24.9 Å². The fourth-order valence-corrected chi connectivity index (χ4v) is 2.61. The zero-order valence-electron chi connectivity index (χ0n) is 15.7. The van der Waals surface area contributed by atoms with Crippen LogP contribution in [0.5, 0.6) is 5.75 Å². The summed E-state index contributed by atoms with van der Waals surface area (Å²) >= 11 is 0. The van der Waals surface area contributed by atoms with Gasteiger partial charge >= 0.3 is 5.97 Å². The van der Waals surface area contributed by atoms with Crippen molar-refractivity contribution >= 4 is 17.8 Å². The van der Waals surface area contributed by atoms with E-state index >= 15 is 0 Å². The van der Waals surface area contributed by atoms with E-state index < -0.39 is 12.0 Å². The second kappa shape index (κ2) is 10.7. The maximum atomic E-state index is 12.0. The Balaban J connectivity index is 1.73. The van der Waals surface area contributed by atoms with Crippen molar-refractivity contribution in [1.29, 1.82) is 0 Å². The van der Waals surface area contributed by atoms with Gasteiger partial charge in [-0.2, -0.15) is 0 Å². The second-order valence-electron chi connectivity index (χ2n) is 6.24. The molecule has 3 N–H and O–H groups in total. The summed E-state index contributed by atoms with van der Waals surface area (Å²) < 4.78 is 5.04. The molecule has 28 heavy (non-hydrogen) atoms. The maximum Gasteiger partial charge on any atom is 0.326 e. The van der Waals surface area contributed by atoms with E-state index in [-0.39, 0.29) is 24.7 Å². The van der Waals surface area contributed by atoms with Crippen molar-refractivity contribution in [2.75, 3.05) is 13.7 Å². The molecule has 2 aromatic rings. The molecule has 0 bridgehead atoms. The number of methoxy groups -OCH3 is 1. The number of nitrogens with one attached hydrogen (secondary N) is 2. The molecule has 148 valence electrons. The minimum atomic E-state index is -1.08. The highest BCUT2D eigenvalue weighted by molar-refractivity contribution is 5.94. The summed E-state index contributed by atoms with van der Waals surface area (Å²) in [6.07, 6.45) is 0.753. The van der Waals surface area contributed by atoms with E-state index in [1.165, 1.54) is 0 Å². The first-order valence-corrected chi connectivity index (χ1v) is 8.98. The minimum absolute atomic E-state index is 0.126. The van der Waals surface area contributed by atoms with Gasteiger partial charge in [0.25, 0.3) is 5.91 Å². The third kappa shape index (κ3) is 6.75. The molecule has 0 aromatic heterocycles. The van der Waals surface area contributed by atoms with Gasteiger partial charge in [-0.25, -0.2) is 4.79 Å². The van der Waals surface area contributed by atoms with Crippen molar-refractivity contribution in [3.05, 3.63) is 65.7 Å². The van der Waals surface area contributed by atoms with Gasteiger partial charge in [-0.3, -0.25) is 9.59 Å². The Morgan fingerprint density at radius 1 is 1.04 bits per heavy atom. The average molecular weight is 384 g/mol. The Morgan fingerprint density at radius 2 is 1.71 bits per heavy atom. The number of benzene rings is 2. The Bertz CT molecular complexity index is 790. The van der Waals surface area contributed by atoms with Crippen LogP contribution in [0.3, 0.4) is 0 Å². The monoisotopic (exact) mass is 384 g/mol. The molecule has 2 rings (SSSR count). The highest BCUT2D eigenvalue weighted by atomic mass is 16.5. The molecule has 0 radical (unpaired) electrons. The summed E-state index contributed by atoms with van der Waals surface area (Å²) in [5.74, 6) is -1.01. The zero-order valence-corrected chi connectivity index (χ0v) is 15.7. The summed E-state index contributed by atoms with van der Waals surface area (Å²) in [6, 6.07) is 14.8. The number of carbonyl (C=O) groups excluding carboxylic acids is 2. The molecule has 0 saturated heterocycles. The summed E-state index contributed by atoms with van der Waals surface area (Å²) in [4.78, 5) is 35.4. The molecule has 0 unspecified atom stereocenters.